The van der Waals surface area contributed by atoms with E-state index in [1.54, 1.807) is 12.4 Å². The van der Waals surface area contributed by atoms with Crippen LogP contribution in [0.15, 0.2) is 18.6 Å². The number of nitrogens with zero attached hydrogens (tertiary/aromatic N) is 4. The monoisotopic (exact) mass is 247 g/mol. The maximum atomic E-state index is 4.43. The van der Waals surface area contributed by atoms with E-state index in [0.717, 1.165) is 44.5 Å². The number of rotatable bonds is 3. The van der Waals surface area contributed by atoms with Gasteiger partial charge in [-0.25, -0.2) is 4.98 Å². The molecule has 1 N–H and O–H groups in total. The summed E-state index contributed by atoms with van der Waals surface area (Å²) in [4.78, 5) is 13.3. The lowest BCUT2D eigenvalue weighted by Crippen LogP contribution is -2.41. The van der Waals surface area contributed by atoms with Gasteiger partial charge in [-0.3, -0.25) is 4.98 Å². The fourth-order valence-corrected chi connectivity index (χ4v) is 3.50. The largest absolute Gasteiger partial charge is 0.354 e. The fraction of sp³-hybridized carbons (Fsp3) is 0.692. The molecule has 2 unspecified atom stereocenters. The molecular weight excluding hydrogens is 226 g/mol. The minimum atomic E-state index is 0.376. The third kappa shape index (κ3) is 1.97. The van der Waals surface area contributed by atoms with Gasteiger partial charge in [-0.05, 0) is 20.0 Å². The van der Waals surface area contributed by atoms with Crippen molar-refractivity contribution in [3.63, 3.8) is 0 Å². The Hall–Kier alpha value is -1.20. The molecule has 18 heavy (non-hydrogen) atoms. The highest BCUT2D eigenvalue weighted by molar-refractivity contribution is 5.39. The third-order valence-corrected chi connectivity index (χ3v) is 4.19. The van der Waals surface area contributed by atoms with Gasteiger partial charge in [0.2, 0.25) is 0 Å². The first-order chi connectivity index (χ1) is 8.70. The molecule has 0 bridgehead atoms. The molecular formula is C13H21N5. The molecule has 0 radical (unpaired) electrons. The van der Waals surface area contributed by atoms with Crippen LogP contribution in [0, 0.1) is 11.3 Å². The number of hydrogen-bond acceptors (Lipinski definition) is 5. The molecule has 98 valence electrons. The number of fused-ring (bicyclic) bond motifs is 1. The van der Waals surface area contributed by atoms with Crippen molar-refractivity contribution < 1.29 is 0 Å². The second kappa shape index (κ2) is 4.48. The van der Waals surface area contributed by atoms with E-state index in [9.17, 15) is 0 Å². The van der Waals surface area contributed by atoms with Crippen LogP contribution in [0.5, 0.6) is 0 Å². The van der Waals surface area contributed by atoms with Crippen LogP contribution >= 0.6 is 0 Å². The summed E-state index contributed by atoms with van der Waals surface area (Å²) in [6.45, 7) is 5.57. The van der Waals surface area contributed by atoms with Crippen molar-refractivity contribution >= 4 is 5.82 Å². The van der Waals surface area contributed by atoms with Gasteiger partial charge in [-0.15, -0.1) is 0 Å². The molecule has 0 saturated carbocycles. The summed E-state index contributed by atoms with van der Waals surface area (Å²) in [5, 5.41) is 3.55. The molecule has 0 aliphatic carbocycles. The molecule has 0 amide bonds. The predicted octanol–water partition coefficient (Wildman–Crippen LogP) is 0.0640. The van der Waals surface area contributed by atoms with Crippen molar-refractivity contribution in [3.05, 3.63) is 18.6 Å². The van der Waals surface area contributed by atoms with E-state index in [2.05, 4.69) is 39.2 Å². The molecule has 3 rings (SSSR count). The van der Waals surface area contributed by atoms with E-state index in [1.807, 2.05) is 6.20 Å². The molecule has 2 aliphatic rings. The second-order valence-corrected chi connectivity index (χ2v) is 5.87. The van der Waals surface area contributed by atoms with Crippen LogP contribution in [0.2, 0.25) is 0 Å². The first kappa shape index (κ1) is 11.9. The quantitative estimate of drug-likeness (QED) is 0.818. The average Bonchev–Trinajstić information content (AvgIpc) is 2.85. The van der Waals surface area contributed by atoms with E-state index < -0.39 is 0 Å². The van der Waals surface area contributed by atoms with Crippen LogP contribution in [-0.2, 0) is 0 Å². The van der Waals surface area contributed by atoms with Gasteiger partial charge in [0.1, 0.15) is 5.82 Å². The van der Waals surface area contributed by atoms with E-state index in [4.69, 9.17) is 0 Å². The Bertz CT molecular complexity index is 407. The second-order valence-electron chi connectivity index (χ2n) is 5.87. The molecule has 1 aromatic rings. The van der Waals surface area contributed by atoms with Crippen molar-refractivity contribution in [2.24, 2.45) is 11.3 Å². The molecule has 5 nitrogen and oxygen atoms in total. The molecule has 2 atom stereocenters. The molecule has 2 aliphatic heterocycles. The highest BCUT2D eigenvalue weighted by Crippen LogP contribution is 2.40. The van der Waals surface area contributed by atoms with Crippen molar-refractivity contribution in [3.8, 4) is 0 Å². The lowest BCUT2D eigenvalue weighted by Gasteiger charge is -2.31. The number of aromatic nitrogens is 2. The van der Waals surface area contributed by atoms with Gasteiger partial charge in [-0.2, -0.15) is 0 Å². The molecule has 0 spiro atoms. The van der Waals surface area contributed by atoms with Gasteiger partial charge in [0.15, 0.2) is 0 Å². The zero-order chi connectivity index (χ0) is 12.6. The first-order valence-electron chi connectivity index (χ1n) is 6.56. The Labute approximate surface area is 108 Å². The average molecular weight is 247 g/mol. The van der Waals surface area contributed by atoms with Crippen molar-refractivity contribution in [1.29, 1.82) is 0 Å². The van der Waals surface area contributed by atoms with Crippen LogP contribution in [0.3, 0.4) is 0 Å². The summed E-state index contributed by atoms with van der Waals surface area (Å²) in [5.41, 5.74) is 0.376. The van der Waals surface area contributed by atoms with Crippen molar-refractivity contribution in [2.45, 2.75) is 0 Å². The number of hydrogen-bond donors (Lipinski definition) is 1. The molecule has 2 fully saturated rings. The molecule has 0 aromatic carbocycles. The molecule has 3 heterocycles. The summed E-state index contributed by atoms with van der Waals surface area (Å²) in [7, 11) is 4.32. The number of anilines is 1. The topological polar surface area (TPSA) is 44.3 Å². The van der Waals surface area contributed by atoms with Gasteiger partial charge in [0.25, 0.3) is 0 Å². The number of nitrogens with one attached hydrogen (secondary N) is 1. The van der Waals surface area contributed by atoms with E-state index in [-0.39, 0.29) is 0 Å². The van der Waals surface area contributed by atoms with Gasteiger partial charge >= 0.3 is 0 Å². The molecule has 2 saturated heterocycles. The normalized spacial score (nSPS) is 31.1. The summed E-state index contributed by atoms with van der Waals surface area (Å²) in [6, 6.07) is 0. The van der Waals surface area contributed by atoms with Crippen LogP contribution in [0.4, 0.5) is 5.82 Å². The summed E-state index contributed by atoms with van der Waals surface area (Å²) >= 11 is 0. The highest BCUT2D eigenvalue weighted by Gasteiger charge is 2.50. The van der Waals surface area contributed by atoms with Crippen LogP contribution in [0.25, 0.3) is 0 Å². The standard InChI is InChI=1S/C13H21N5/c1-17(2)9-13-8-15-5-11(13)7-18(10-13)12-6-14-3-4-16-12/h3-4,6,11,15H,5,7-10H2,1-2H3. The maximum absolute atomic E-state index is 4.43. The van der Waals surface area contributed by atoms with E-state index in [1.165, 1.54) is 0 Å². The zero-order valence-electron chi connectivity index (χ0n) is 11.1. The summed E-state index contributed by atoms with van der Waals surface area (Å²) in [6.07, 6.45) is 5.38. The zero-order valence-corrected chi connectivity index (χ0v) is 11.1. The van der Waals surface area contributed by atoms with Gasteiger partial charge < -0.3 is 15.1 Å². The Kier molecular flexibility index (Phi) is 2.95. The summed E-state index contributed by atoms with van der Waals surface area (Å²) < 4.78 is 0. The Morgan fingerprint density at radius 2 is 2.39 bits per heavy atom. The van der Waals surface area contributed by atoms with Crippen LogP contribution in [-0.4, -0.2) is 61.7 Å². The SMILES string of the molecule is CN(C)CC12CNCC1CN(c1cnccn1)C2. The summed E-state index contributed by atoms with van der Waals surface area (Å²) in [5.74, 6) is 1.74. The van der Waals surface area contributed by atoms with Crippen molar-refractivity contribution in [2.75, 3.05) is 51.7 Å². The lowest BCUT2D eigenvalue weighted by atomic mass is 9.80. The van der Waals surface area contributed by atoms with Gasteiger partial charge in [0, 0.05) is 50.5 Å². The van der Waals surface area contributed by atoms with E-state index >= 15 is 0 Å². The molecule has 1 aromatic heterocycles. The first-order valence-corrected chi connectivity index (χ1v) is 6.56. The van der Waals surface area contributed by atoms with Crippen LogP contribution in [0.1, 0.15) is 0 Å². The maximum Gasteiger partial charge on any atom is 0.147 e. The van der Waals surface area contributed by atoms with E-state index in [0.29, 0.717) is 5.41 Å². The van der Waals surface area contributed by atoms with Crippen molar-refractivity contribution in [1.82, 2.24) is 20.2 Å². The van der Waals surface area contributed by atoms with Gasteiger partial charge in [-0.1, -0.05) is 0 Å². The predicted molar refractivity (Wildman–Crippen MR) is 71.6 cm³/mol. The lowest BCUT2D eigenvalue weighted by molar-refractivity contribution is 0.205. The fourth-order valence-electron chi connectivity index (χ4n) is 3.50. The van der Waals surface area contributed by atoms with Gasteiger partial charge in [0.05, 0.1) is 6.20 Å². The minimum Gasteiger partial charge on any atom is -0.354 e. The minimum absolute atomic E-state index is 0.376. The Morgan fingerprint density at radius 1 is 1.50 bits per heavy atom. The third-order valence-electron chi connectivity index (χ3n) is 4.19. The highest BCUT2D eigenvalue weighted by atomic mass is 15.3. The Balaban J connectivity index is 1.80. The smallest absolute Gasteiger partial charge is 0.147 e. The molecule has 5 heteroatoms. The van der Waals surface area contributed by atoms with Crippen LogP contribution < -0.4 is 10.2 Å². The Morgan fingerprint density at radius 3 is 3.11 bits per heavy atom.